The average molecular weight is 430 g/mol. The molecule has 0 saturated heterocycles. The number of halogens is 2. The molecule has 0 atom stereocenters. The van der Waals surface area contributed by atoms with E-state index >= 15 is 0 Å². The highest BCUT2D eigenvalue weighted by molar-refractivity contribution is 6.07. The molecule has 0 saturated carbocycles. The van der Waals surface area contributed by atoms with Crippen LogP contribution in [0.5, 0.6) is 0 Å². The second kappa shape index (κ2) is 9.35. The number of amides is 1. The number of carbonyl (C=O) groups excluding carboxylic acids is 1. The first-order valence-electron chi connectivity index (χ1n) is 9.26. The van der Waals surface area contributed by atoms with Crippen molar-refractivity contribution in [3.8, 4) is 0 Å². The number of ether oxygens (including phenoxy) is 1. The Labute approximate surface area is 175 Å². The maximum atomic E-state index is 14.2. The number of rotatable bonds is 7. The molecule has 0 aliphatic rings. The van der Waals surface area contributed by atoms with Gasteiger partial charge in [-0.15, -0.1) is 0 Å². The fraction of sp³-hybridized carbons (Fsp3) is 0.190. The second-order valence-electron chi connectivity index (χ2n) is 6.64. The molecule has 10 heteroatoms. The molecule has 0 spiro atoms. The van der Waals surface area contributed by atoms with E-state index in [9.17, 15) is 23.2 Å². The van der Waals surface area contributed by atoms with Crippen molar-refractivity contribution in [2.75, 3.05) is 30.9 Å². The van der Waals surface area contributed by atoms with Gasteiger partial charge in [-0.1, -0.05) is 30.3 Å². The lowest BCUT2D eigenvalue weighted by molar-refractivity contribution is 0.0971. The van der Waals surface area contributed by atoms with E-state index in [1.54, 1.807) is 30.3 Å². The van der Waals surface area contributed by atoms with Crippen molar-refractivity contribution in [3.05, 3.63) is 92.1 Å². The van der Waals surface area contributed by atoms with E-state index in [2.05, 4.69) is 4.98 Å². The zero-order chi connectivity index (χ0) is 22.5. The predicted octanol–water partition coefficient (Wildman–Crippen LogP) is 1.74. The molecule has 0 bridgehead atoms. The number of aromatic nitrogens is 2. The normalized spacial score (nSPS) is 10.8. The van der Waals surface area contributed by atoms with Crippen molar-refractivity contribution in [1.82, 2.24) is 9.55 Å². The van der Waals surface area contributed by atoms with Crippen LogP contribution in [0.4, 0.5) is 20.3 Å². The first-order valence-corrected chi connectivity index (χ1v) is 9.26. The molecule has 1 heterocycles. The molecule has 1 aromatic heterocycles. The topological polar surface area (TPSA) is 110 Å². The fourth-order valence-electron chi connectivity index (χ4n) is 3.07. The largest absolute Gasteiger partial charge is 0.383 e. The zero-order valence-corrected chi connectivity index (χ0v) is 16.6. The molecular weight excluding hydrogens is 410 g/mol. The van der Waals surface area contributed by atoms with Gasteiger partial charge < -0.3 is 10.5 Å². The Hall–Kier alpha value is -3.79. The van der Waals surface area contributed by atoms with E-state index < -0.39 is 34.4 Å². The van der Waals surface area contributed by atoms with Gasteiger partial charge in [0.25, 0.3) is 11.5 Å². The molecule has 3 rings (SSSR count). The monoisotopic (exact) mass is 430 g/mol. The number of carbonyl (C=O) groups is 1. The smallest absolute Gasteiger partial charge is 0.330 e. The van der Waals surface area contributed by atoms with Crippen LogP contribution in [0.1, 0.15) is 15.9 Å². The van der Waals surface area contributed by atoms with E-state index in [4.69, 9.17) is 10.5 Å². The summed E-state index contributed by atoms with van der Waals surface area (Å²) in [5.74, 6) is -3.16. The van der Waals surface area contributed by atoms with Crippen LogP contribution in [0.3, 0.4) is 0 Å². The Morgan fingerprint density at radius 3 is 2.52 bits per heavy atom. The summed E-state index contributed by atoms with van der Waals surface area (Å²) in [7, 11) is 1.38. The third-order valence-electron chi connectivity index (χ3n) is 4.59. The number of nitrogen functional groups attached to an aromatic ring is 1. The Balaban J connectivity index is 2.12. The van der Waals surface area contributed by atoms with Gasteiger partial charge in [0.2, 0.25) is 0 Å². The summed E-state index contributed by atoms with van der Waals surface area (Å²) >= 11 is 0. The number of nitrogens with one attached hydrogen (secondary N) is 1. The quantitative estimate of drug-likeness (QED) is 0.593. The van der Waals surface area contributed by atoms with Gasteiger partial charge in [-0.3, -0.25) is 24.0 Å². The van der Waals surface area contributed by atoms with Crippen LogP contribution >= 0.6 is 0 Å². The lowest BCUT2D eigenvalue weighted by atomic mass is 10.1. The lowest BCUT2D eigenvalue weighted by Crippen LogP contribution is -2.43. The van der Waals surface area contributed by atoms with Crippen LogP contribution in [0.2, 0.25) is 0 Å². The molecule has 3 N–H and O–H groups in total. The molecule has 1 amide bonds. The number of hydrogen-bond donors (Lipinski definition) is 2. The Morgan fingerprint density at radius 2 is 1.87 bits per heavy atom. The van der Waals surface area contributed by atoms with E-state index in [-0.39, 0.29) is 31.2 Å². The zero-order valence-electron chi connectivity index (χ0n) is 16.6. The molecule has 0 unspecified atom stereocenters. The van der Waals surface area contributed by atoms with Crippen molar-refractivity contribution in [2.45, 2.75) is 6.54 Å². The standard InChI is InChI=1S/C21H20F2N4O4/c1-31-10-9-26(20(29)15-8-7-14(22)11-16(15)23)17-18(24)27(21(30)25-19(17)28)12-13-5-3-2-4-6-13/h2-8,11H,9-10,12,24H2,1H3,(H,25,28,30). The van der Waals surface area contributed by atoms with Gasteiger partial charge in [0.1, 0.15) is 17.5 Å². The molecule has 162 valence electrons. The van der Waals surface area contributed by atoms with Crippen LogP contribution in [0.15, 0.2) is 58.1 Å². The third-order valence-corrected chi connectivity index (χ3v) is 4.59. The van der Waals surface area contributed by atoms with Crippen molar-refractivity contribution < 1.29 is 18.3 Å². The molecule has 8 nitrogen and oxygen atoms in total. The first-order chi connectivity index (χ1) is 14.8. The number of aromatic amines is 1. The van der Waals surface area contributed by atoms with Crippen LogP contribution in [-0.2, 0) is 11.3 Å². The SMILES string of the molecule is COCCN(C(=O)c1ccc(F)cc1F)c1c(N)n(Cc2ccccc2)c(=O)[nH]c1=O. The van der Waals surface area contributed by atoms with Crippen LogP contribution in [-0.4, -0.2) is 35.7 Å². The average Bonchev–Trinajstić information content (AvgIpc) is 2.73. The maximum absolute atomic E-state index is 14.2. The number of hydrogen-bond acceptors (Lipinski definition) is 5. The highest BCUT2D eigenvalue weighted by Crippen LogP contribution is 2.21. The third kappa shape index (κ3) is 4.69. The van der Waals surface area contributed by atoms with Crippen LogP contribution in [0.25, 0.3) is 0 Å². The summed E-state index contributed by atoms with van der Waals surface area (Å²) in [6.45, 7) is -0.138. The molecule has 2 aromatic carbocycles. The van der Waals surface area contributed by atoms with Gasteiger partial charge in [0.05, 0.1) is 18.7 Å². The van der Waals surface area contributed by atoms with Crippen molar-refractivity contribution in [1.29, 1.82) is 0 Å². The molecule has 0 aliphatic carbocycles. The fourth-order valence-corrected chi connectivity index (χ4v) is 3.07. The minimum Gasteiger partial charge on any atom is -0.383 e. The second-order valence-corrected chi connectivity index (χ2v) is 6.64. The highest BCUT2D eigenvalue weighted by atomic mass is 19.1. The molecule has 0 radical (unpaired) electrons. The van der Waals surface area contributed by atoms with E-state index in [1.165, 1.54) is 7.11 Å². The summed E-state index contributed by atoms with van der Waals surface area (Å²) in [4.78, 5) is 41.1. The van der Waals surface area contributed by atoms with Gasteiger partial charge in [0.15, 0.2) is 5.69 Å². The summed E-state index contributed by atoms with van der Waals surface area (Å²) in [6, 6.07) is 11.3. The highest BCUT2D eigenvalue weighted by Gasteiger charge is 2.27. The number of H-pyrrole nitrogens is 1. The molecule has 0 aliphatic heterocycles. The van der Waals surface area contributed by atoms with Gasteiger partial charge in [-0.25, -0.2) is 13.6 Å². The number of benzene rings is 2. The lowest BCUT2D eigenvalue weighted by Gasteiger charge is -2.24. The molecule has 3 aromatic rings. The Bertz CT molecular complexity index is 1210. The number of nitrogens with zero attached hydrogens (tertiary/aromatic N) is 2. The summed E-state index contributed by atoms with van der Waals surface area (Å²) < 4.78 is 33.6. The minimum atomic E-state index is -1.10. The van der Waals surface area contributed by atoms with Crippen molar-refractivity contribution in [2.24, 2.45) is 0 Å². The molecular formula is C21H20F2N4O4. The van der Waals surface area contributed by atoms with Gasteiger partial charge in [-0.05, 0) is 17.7 Å². The van der Waals surface area contributed by atoms with Gasteiger partial charge in [0, 0.05) is 19.7 Å². The van der Waals surface area contributed by atoms with E-state index in [0.717, 1.165) is 27.2 Å². The number of methoxy groups -OCH3 is 1. The van der Waals surface area contributed by atoms with Crippen LogP contribution < -0.4 is 21.9 Å². The summed E-state index contributed by atoms with van der Waals surface area (Å²) in [5.41, 5.74) is 4.40. The van der Waals surface area contributed by atoms with Crippen molar-refractivity contribution in [3.63, 3.8) is 0 Å². The van der Waals surface area contributed by atoms with Crippen molar-refractivity contribution >= 4 is 17.4 Å². The predicted molar refractivity (Wildman–Crippen MR) is 111 cm³/mol. The number of anilines is 2. The minimum absolute atomic E-state index is 0.00869. The molecule has 31 heavy (non-hydrogen) atoms. The number of nitrogens with two attached hydrogens (primary N) is 1. The van der Waals surface area contributed by atoms with Crippen LogP contribution in [0, 0.1) is 11.6 Å². The first kappa shape index (κ1) is 21.9. The summed E-state index contributed by atoms with van der Waals surface area (Å²) in [5, 5.41) is 0. The van der Waals surface area contributed by atoms with E-state index in [1.807, 2.05) is 0 Å². The summed E-state index contributed by atoms with van der Waals surface area (Å²) in [6.07, 6.45) is 0. The Morgan fingerprint density at radius 1 is 1.16 bits per heavy atom. The Kier molecular flexibility index (Phi) is 6.61. The van der Waals surface area contributed by atoms with E-state index in [0.29, 0.717) is 6.07 Å². The molecule has 0 fully saturated rings. The van der Waals surface area contributed by atoms with Gasteiger partial charge >= 0.3 is 5.69 Å². The maximum Gasteiger partial charge on any atom is 0.330 e. The van der Waals surface area contributed by atoms with Gasteiger partial charge in [-0.2, -0.15) is 0 Å².